The van der Waals surface area contributed by atoms with Crippen molar-refractivity contribution in [3.63, 3.8) is 0 Å². The molecule has 80 valence electrons. The Hall–Kier alpha value is -1.58. The second-order valence-corrected chi connectivity index (χ2v) is 4.51. The Morgan fingerprint density at radius 1 is 1.20 bits per heavy atom. The molecule has 0 aromatic carbocycles. The lowest BCUT2D eigenvalue weighted by atomic mass is 10.1. The zero-order valence-corrected chi connectivity index (χ0v) is 9.34. The van der Waals surface area contributed by atoms with Crippen molar-refractivity contribution in [2.24, 2.45) is 0 Å². The average molecular weight is 206 g/mol. The van der Waals surface area contributed by atoms with Gasteiger partial charge in [0.1, 0.15) is 11.4 Å². The van der Waals surface area contributed by atoms with Gasteiger partial charge in [0.2, 0.25) is 0 Å². The molecule has 0 saturated carbocycles. The van der Waals surface area contributed by atoms with Crippen molar-refractivity contribution in [2.45, 2.75) is 33.4 Å². The molecule has 0 unspecified atom stereocenters. The number of hydrogen-bond acceptors (Lipinski definition) is 2. The van der Waals surface area contributed by atoms with E-state index in [1.54, 1.807) is 17.6 Å². The zero-order valence-electron chi connectivity index (χ0n) is 9.34. The molecule has 2 rings (SSSR count). The second kappa shape index (κ2) is 2.72. The second-order valence-electron chi connectivity index (χ2n) is 4.51. The lowest BCUT2D eigenvalue weighted by molar-refractivity contribution is 0.0934. The van der Waals surface area contributed by atoms with E-state index in [0.29, 0.717) is 11.3 Å². The van der Waals surface area contributed by atoms with Gasteiger partial charge in [-0.15, -0.1) is 0 Å². The molecule has 1 aliphatic rings. The third-order valence-electron chi connectivity index (χ3n) is 2.76. The first kappa shape index (κ1) is 9.96. The smallest absolute Gasteiger partial charge is 0.270 e. The molecule has 1 aromatic rings. The first-order chi connectivity index (χ1) is 6.84. The summed E-state index contributed by atoms with van der Waals surface area (Å²) >= 11 is 0. The van der Waals surface area contributed by atoms with E-state index in [4.69, 9.17) is 0 Å². The lowest BCUT2D eigenvalue weighted by Crippen LogP contribution is -2.42. The minimum Gasteiger partial charge on any atom is -0.328 e. The van der Waals surface area contributed by atoms with Gasteiger partial charge in [-0.2, -0.15) is 0 Å². The predicted molar refractivity (Wildman–Crippen MR) is 57.0 cm³/mol. The number of amides is 1. The van der Waals surface area contributed by atoms with Crippen molar-refractivity contribution < 1.29 is 4.79 Å². The van der Waals surface area contributed by atoms with Crippen LogP contribution in [0.1, 0.15) is 35.5 Å². The van der Waals surface area contributed by atoms with E-state index in [0.717, 1.165) is 5.56 Å². The lowest BCUT2D eigenvalue weighted by Gasteiger charge is -2.21. The highest BCUT2D eigenvalue weighted by molar-refractivity contribution is 5.96. The van der Waals surface area contributed by atoms with Gasteiger partial charge in [0.25, 0.3) is 11.5 Å². The van der Waals surface area contributed by atoms with Crippen LogP contribution in [0.5, 0.6) is 0 Å². The highest BCUT2D eigenvalue weighted by Gasteiger charge is 2.36. The van der Waals surface area contributed by atoms with Gasteiger partial charge >= 0.3 is 0 Å². The van der Waals surface area contributed by atoms with E-state index in [-0.39, 0.29) is 11.5 Å². The molecule has 4 heteroatoms. The molecule has 1 aromatic heterocycles. The maximum absolute atomic E-state index is 11.9. The van der Waals surface area contributed by atoms with Crippen molar-refractivity contribution in [3.05, 3.63) is 33.2 Å². The highest BCUT2D eigenvalue weighted by atomic mass is 16.2. The normalized spacial score (nSPS) is 17.5. The fourth-order valence-electron chi connectivity index (χ4n) is 2.12. The third kappa shape index (κ3) is 1.21. The number of aryl methyl sites for hydroxylation is 2. The minimum absolute atomic E-state index is 0.0982. The summed E-state index contributed by atoms with van der Waals surface area (Å²) in [6.07, 6.45) is 0. The third-order valence-corrected chi connectivity index (χ3v) is 2.76. The van der Waals surface area contributed by atoms with E-state index in [1.807, 2.05) is 20.8 Å². The van der Waals surface area contributed by atoms with Crippen LogP contribution in [0, 0.1) is 13.8 Å². The van der Waals surface area contributed by atoms with Gasteiger partial charge in [0.05, 0.1) is 0 Å². The van der Waals surface area contributed by atoms with E-state index >= 15 is 0 Å². The number of hydrogen-bond donors (Lipinski definition) is 1. The van der Waals surface area contributed by atoms with E-state index in [2.05, 4.69) is 5.32 Å². The number of carbonyl (C=O) groups is 1. The molecule has 0 bridgehead atoms. The Balaban J connectivity index is 2.91. The fourth-order valence-corrected chi connectivity index (χ4v) is 2.12. The Bertz CT molecular complexity index is 512. The van der Waals surface area contributed by atoms with Gasteiger partial charge in [-0.25, -0.2) is 0 Å². The summed E-state index contributed by atoms with van der Waals surface area (Å²) in [6.45, 7) is 7.25. The van der Waals surface area contributed by atoms with Gasteiger partial charge in [-0.3, -0.25) is 14.2 Å². The summed E-state index contributed by atoms with van der Waals surface area (Å²) in [4.78, 5) is 23.6. The molecule has 1 N–H and O–H groups in total. The predicted octanol–water partition coefficient (Wildman–Crippen LogP) is 0.901. The van der Waals surface area contributed by atoms with Crippen LogP contribution in [-0.4, -0.2) is 10.5 Å². The molecule has 0 atom stereocenters. The van der Waals surface area contributed by atoms with Crippen LogP contribution in [0.3, 0.4) is 0 Å². The summed E-state index contributed by atoms with van der Waals surface area (Å²) in [5.74, 6) is -0.172. The molecular weight excluding hydrogens is 192 g/mol. The van der Waals surface area contributed by atoms with Gasteiger partial charge < -0.3 is 5.32 Å². The van der Waals surface area contributed by atoms with Crippen molar-refractivity contribution in [1.29, 1.82) is 0 Å². The average Bonchev–Trinajstić information content (AvgIpc) is 2.32. The van der Waals surface area contributed by atoms with Gasteiger partial charge in [0, 0.05) is 5.56 Å². The zero-order chi connectivity index (χ0) is 11.4. The molecule has 0 aliphatic carbocycles. The van der Waals surface area contributed by atoms with Crippen LogP contribution in [0.4, 0.5) is 0 Å². The number of pyridine rings is 1. The van der Waals surface area contributed by atoms with Gasteiger partial charge in [-0.05, 0) is 39.3 Å². The van der Waals surface area contributed by atoms with E-state index in [1.165, 1.54) is 0 Å². The topological polar surface area (TPSA) is 51.1 Å². The van der Waals surface area contributed by atoms with Crippen LogP contribution in [-0.2, 0) is 5.66 Å². The Kier molecular flexibility index (Phi) is 1.80. The van der Waals surface area contributed by atoms with Crippen molar-refractivity contribution in [1.82, 2.24) is 9.88 Å². The fraction of sp³-hybridized carbons (Fsp3) is 0.455. The van der Waals surface area contributed by atoms with Crippen LogP contribution >= 0.6 is 0 Å². The molecule has 0 radical (unpaired) electrons. The number of rotatable bonds is 0. The monoisotopic (exact) mass is 206 g/mol. The molecule has 0 fully saturated rings. The molecule has 2 heterocycles. The summed E-state index contributed by atoms with van der Waals surface area (Å²) in [7, 11) is 0. The summed E-state index contributed by atoms with van der Waals surface area (Å²) in [6, 6.07) is 1.76. The molecule has 15 heavy (non-hydrogen) atoms. The van der Waals surface area contributed by atoms with E-state index in [9.17, 15) is 9.59 Å². The SMILES string of the molecule is Cc1cc(C)c(=O)n2c1C(=O)NC2(C)C. The van der Waals surface area contributed by atoms with Crippen LogP contribution in [0.25, 0.3) is 0 Å². The number of fused-ring (bicyclic) bond motifs is 1. The van der Waals surface area contributed by atoms with Gasteiger partial charge in [-0.1, -0.05) is 0 Å². The molecule has 1 amide bonds. The van der Waals surface area contributed by atoms with Crippen molar-refractivity contribution in [3.8, 4) is 0 Å². The first-order valence-electron chi connectivity index (χ1n) is 4.91. The quantitative estimate of drug-likeness (QED) is 0.685. The summed E-state index contributed by atoms with van der Waals surface area (Å²) < 4.78 is 1.54. The number of carbonyl (C=O) groups excluding carboxylic acids is 1. The van der Waals surface area contributed by atoms with Gasteiger partial charge in [0.15, 0.2) is 0 Å². The summed E-state index contributed by atoms with van der Waals surface area (Å²) in [5, 5.41) is 2.79. The number of nitrogens with one attached hydrogen (secondary N) is 1. The number of nitrogens with zero attached hydrogens (tertiary/aromatic N) is 1. The Morgan fingerprint density at radius 2 is 1.80 bits per heavy atom. The molecule has 4 nitrogen and oxygen atoms in total. The summed E-state index contributed by atoms with van der Waals surface area (Å²) in [5.41, 5.74) is 1.27. The Morgan fingerprint density at radius 3 is 2.40 bits per heavy atom. The maximum atomic E-state index is 11.9. The van der Waals surface area contributed by atoms with E-state index < -0.39 is 5.66 Å². The largest absolute Gasteiger partial charge is 0.328 e. The number of aromatic nitrogens is 1. The standard InChI is InChI=1S/C11H14N2O2/c1-6-5-7(2)10(15)13-8(6)9(14)12-11(13,3)4/h5H,1-4H3,(H,12,14). The van der Waals surface area contributed by atoms with Crippen LogP contribution in [0.2, 0.25) is 0 Å². The maximum Gasteiger partial charge on any atom is 0.270 e. The van der Waals surface area contributed by atoms with Crippen molar-refractivity contribution in [2.75, 3.05) is 0 Å². The van der Waals surface area contributed by atoms with Crippen molar-refractivity contribution >= 4 is 5.91 Å². The molecular formula is C11H14N2O2. The van der Waals surface area contributed by atoms with Crippen LogP contribution in [0.15, 0.2) is 10.9 Å². The molecule has 0 saturated heterocycles. The Labute approximate surface area is 87.9 Å². The minimum atomic E-state index is -0.625. The highest BCUT2D eigenvalue weighted by Crippen LogP contribution is 2.22. The molecule has 0 spiro atoms. The molecule has 1 aliphatic heterocycles. The van der Waals surface area contributed by atoms with Crippen LogP contribution < -0.4 is 10.9 Å². The first-order valence-corrected chi connectivity index (χ1v) is 4.91.